The van der Waals surface area contributed by atoms with E-state index in [-0.39, 0.29) is 0 Å². The summed E-state index contributed by atoms with van der Waals surface area (Å²) >= 11 is 0. The van der Waals surface area contributed by atoms with Gasteiger partial charge in [0.15, 0.2) is 0 Å². The summed E-state index contributed by atoms with van der Waals surface area (Å²) in [6.07, 6.45) is 17.3. The lowest BCUT2D eigenvalue weighted by atomic mass is 10.0. The topological polar surface area (TPSA) is 49.8 Å². The first kappa shape index (κ1) is 20.4. The van der Waals surface area contributed by atoms with Gasteiger partial charge in [-0.1, -0.05) is 84.0 Å². The molecular weight excluding hydrogens is 264 g/mol. The number of hydrogen-bond acceptors (Lipinski definition) is 2. The standard InChI is InChI=1S/C16H32O2.C2H4O/c1-2-3-4-5-6-7-8-9-10-11-12-13-14-15-16(17)18;1-2-3-1/h2-15H2,1H3,(H,17,18);1-2H2. The van der Waals surface area contributed by atoms with E-state index >= 15 is 0 Å². The molecule has 0 aromatic carbocycles. The fourth-order valence-electron chi connectivity index (χ4n) is 2.29. The number of carbonyl (C=O) groups is 1. The van der Waals surface area contributed by atoms with Gasteiger partial charge in [0.25, 0.3) is 0 Å². The monoisotopic (exact) mass is 300 g/mol. The average molecular weight is 300 g/mol. The zero-order valence-corrected chi connectivity index (χ0v) is 14.1. The summed E-state index contributed by atoms with van der Waals surface area (Å²) in [6.45, 7) is 4.26. The van der Waals surface area contributed by atoms with Gasteiger partial charge in [-0.25, -0.2) is 0 Å². The molecule has 0 aromatic heterocycles. The van der Waals surface area contributed by atoms with Gasteiger partial charge in [0, 0.05) is 6.42 Å². The highest BCUT2D eigenvalue weighted by Gasteiger charge is 1.96. The molecule has 3 nitrogen and oxygen atoms in total. The first-order valence-corrected chi connectivity index (χ1v) is 9.07. The van der Waals surface area contributed by atoms with E-state index in [1.54, 1.807) is 0 Å². The SMILES string of the molecule is C1CO1.CCCCCCCCCCCCCCCC(=O)O. The lowest BCUT2D eigenvalue weighted by molar-refractivity contribution is -0.137. The Hall–Kier alpha value is -0.570. The quantitative estimate of drug-likeness (QED) is 0.337. The van der Waals surface area contributed by atoms with Gasteiger partial charge >= 0.3 is 5.97 Å². The van der Waals surface area contributed by atoms with E-state index in [0.717, 1.165) is 26.1 Å². The van der Waals surface area contributed by atoms with Crippen molar-refractivity contribution in [1.29, 1.82) is 0 Å². The van der Waals surface area contributed by atoms with Crippen molar-refractivity contribution in [1.82, 2.24) is 0 Å². The van der Waals surface area contributed by atoms with Crippen LogP contribution in [0.15, 0.2) is 0 Å². The maximum Gasteiger partial charge on any atom is 0.303 e. The Labute approximate surface area is 131 Å². The van der Waals surface area contributed by atoms with Gasteiger partial charge in [-0.15, -0.1) is 0 Å². The summed E-state index contributed by atoms with van der Waals surface area (Å²) in [5.74, 6) is -0.655. The molecule has 0 spiro atoms. The molecule has 126 valence electrons. The second kappa shape index (κ2) is 17.5. The Bertz CT molecular complexity index is 212. The zero-order chi connectivity index (χ0) is 15.6. The summed E-state index contributed by atoms with van der Waals surface area (Å²) in [6, 6.07) is 0. The van der Waals surface area contributed by atoms with Crippen molar-refractivity contribution in [2.75, 3.05) is 13.2 Å². The predicted octanol–water partition coefficient (Wildman–Crippen LogP) is 5.57. The summed E-state index contributed by atoms with van der Waals surface area (Å²) < 4.78 is 4.50. The number of aliphatic carboxylic acids is 1. The minimum Gasteiger partial charge on any atom is -0.481 e. The first-order valence-electron chi connectivity index (χ1n) is 9.07. The number of rotatable bonds is 14. The number of carboxylic acid groups (broad SMARTS) is 1. The predicted molar refractivity (Wildman–Crippen MR) is 88.8 cm³/mol. The summed E-state index contributed by atoms with van der Waals surface area (Å²) in [5, 5.41) is 8.49. The van der Waals surface area contributed by atoms with E-state index in [0.29, 0.717) is 6.42 Å². The van der Waals surface area contributed by atoms with Crippen LogP contribution >= 0.6 is 0 Å². The highest BCUT2D eigenvalue weighted by molar-refractivity contribution is 5.66. The van der Waals surface area contributed by atoms with Crippen molar-refractivity contribution in [3.63, 3.8) is 0 Å². The second-order valence-electron chi connectivity index (χ2n) is 6.00. The number of unbranched alkanes of at least 4 members (excludes halogenated alkanes) is 12. The lowest BCUT2D eigenvalue weighted by Gasteiger charge is -2.02. The molecular formula is C18H36O3. The molecule has 0 bridgehead atoms. The van der Waals surface area contributed by atoms with E-state index < -0.39 is 5.97 Å². The van der Waals surface area contributed by atoms with Crippen LogP contribution in [0.5, 0.6) is 0 Å². The van der Waals surface area contributed by atoms with Gasteiger partial charge in [-0.05, 0) is 6.42 Å². The molecule has 1 heterocycles. The van der Waals surface area contributed by atoms with Crippen molar-refractivity contribution in [2.24, 2.45) is 0 Å². The first-order chi connectivity index (χ1) is 10.3. The molecule has 0 aromatic rings. The third-order valence-corrected chi connectivity index (χ3v) is 3.70. The van der Waals surface area contributed by atoms with Crippen molar-refractivity contribution < 1.29 is 14.6 Å². The van der Waals surface area contributed by atoms with Gasteiger partial charge in [-0.2, -0.15) is 0 Å². The molecule has 0 radical (unpaired) electrons. The molecule has 1 fully saturated rings. The number of hydrogen-bond donors (Lipinski definition) is 1. The summed E-state index contributed by atoms with van der Waals surface area (Å²) in [4.78, 5) is 10.3. The Morgan fingerprint density at radius 1 is 0.762 bits per heavy atom. The van der Waals surface area contributed by atoms with Crippen molar-refractivity contribution in [3.8, 4) is 0 Å². The van der Waals surface area contributed by atoms with Gasteiger partial charge in [0.1, 0.15) is 0 Å². The maximum absolute atomic E-state index is 10.3. The largest absolute Gasteiger partial charge is 0.481 e. The van der Waals surface area contributed by atoms with Gasteiger partial charge in [0.2, 0.25) is 0 Å². The third kappa shape index (κ3) is 24.8. The molecule has 0 unspecified atom stereocenters. The molecule has 1 saturated heterocycles. The summed E-state index contributed by atoms with van der Waals surface area (Å²) in [5.41, 5.74) is 0. The van der Waals surface area contributed by atoms with Crippen LogP contribution in [0, 0.1) is 0 Å². The van der Waals surface area contributed by atoms with Gasteiger partial charge < -0.3 is 9.84 Å². The molecule has 1 N–H and O–H groups in total. The van der Waals surface area contributed by atoms with E-state index in [1.807, 2.05) is 0 Å². The van der Waals surface area contributed by atoms with Crippen molar-refractivity contribution in [3.05, 3.63) is 0 Å². The van der Waals surface area contributed by atoms with Crippen LogP contribution in [0.1, 0.15) is 96.8 Å². The van der Waals surface area contributed by atoms with E-state index in [1.165, 1.54) is 70.6 Å². The Morgan fingerprint density at radius 3 is 1.38 bits per heavy atom. The van der Waals surface area contributed by atoms with E-state index in [4.69, 9.17) is 5.11 Å². The number of carboxylic acids is 1. The molecule has 1 aliphatic heterocycles. The van der Waals surface area contributed by atoms with Gasteiger partial charge in [0.05, 0.1) is 13.2 Å². The average Bonchev–Trinajstić information content (AvgIpc) is 3.32. The highest BCUT2D eigenvalue weighted by atomic mass is 16.6. The molecule has 1 aliphatic rings. The molecule has 0 atom stereocenters. The van der Waals surface area contributed by atoms with Crippen LogP contribution in [-0.4, -0.2) is 24.3 Å². The smallest absolute Gasteiger partial charge is 0.303 e. The van der Waals surface area contributed by atoms with Crippen LogP contribution in [0.25, 0.3) is 0 Å². The normalized spacial score (nSPS) is 12.6. The molecule has 21 heavy (non-hydrogen) atoms. The van der Waals surface area contributed by atoms with Gasteiger partial charge in [-0.3, -0.25) is 4.79 Å². The fraction of sp³-hybridized carbons (Fsp3) is 0.944. The lowest BCUT2D eigenvalue weighted by Crippen LogP contribution is -1.93. The minimum atomic E-state index is -0.655. The van der Waals surface area contributed by atoms with Crippen LogP contribution < -0.4 is 0 Å². The van der Waals surface area contributed by atoms with E-state index in [9.17, 15) is 4.79 Å². The minimum absolute atomic E-state index is 0.345. The van der Waals surface area contributed by atoms with Crippen LogP contribution in [-0.2, 0) is 9.53 Å². The molecule has 1 rings (SSSR count). The highest BCUT2D eigenvalue weighted by Crippen LogP contribution is 2.12. The van der Waals surface area contributed by atoms with Crippen LogP contribution in [0.3, 0.4) is 0 Å². The van der Waals surface area contributed by atoms with Crippen molar-refractivity contribution >= 4 is 5.97 Å². The Kier molecular flexibility index (Phi) is 17.0. The third-order valence-electron chi connectivity index (χ3n) is 3.70. The Morgan fingerprint density at radius 2 is 1.10 bits per heavy atom. The molecule has 0 aliphatic carbocycles. The molecule has 0 saturated carbocycles. The Balaban J connectivity index is 0.00000117. The zero-order valence-electron chi connectivity index (χ0n) is 14.1. The number of ether oxygens (including phenoxy) is 1. The van der Waals surface area contributed by atoms with E-state index in [2.05, 4.69) is 11.7 Å². The maximum atomic E-state index is 10.3. The number of epoxide rings is 1. The fourth-order valence-corrected chi connectivity index (χ4v) is 2.29. The summed E-state index contributed by atoms with van der Waals surface area (Å²) in [7, 11) is 0. The van der Waals surface area contributed by atoms with Crippen LogP contribution in [0.2, 0.25) is 0 Å². The van der Waals surface area contributed by atoms with Crippen molar-refractivity contribution in [2.45, 2.75) is 96.8 Å². The van der Waals surface area contributed by atoms with Crippen LogP contribution in [0.4, 0.5) is 0 Å². The second-order valence-corrected chi connectivity index (χ2v) is 6.00. The molecule has 0 amide bonds. The molecule has 3 heteroatoms.